The van der Waals surface area contributed by atoms with Crippen molar-refractivity contribution in [3.05, 3.63) is 33.3 Å². The van der Waals surface area contributed by atoms with Crippen LogP contribution in [0.3, 0.4) is 0 Å². The molecule has 0 spiro atoms. The molecule has 0 aliphatic heterocycles. The van der Waals surface area contributed by atoms with Crippen LogP contribution < -0.4 is 5.73 Å². The zero-order chi connectivity index (χ0) is 13.8. The van der Waals surface area contributed by atoms with Gasteiger partial charge < -0.3 is 5.73 Å². The molecule has 1 aromatic carbocycles. The van der Waals surface area contributed by atoms with E-state index in [0.717, 1.165) is 22.1 Å². The number of halogens is 2. The zero-order valence-corrected chi connectivity index (χ0v) is 13.8. The fourth-order valence-corrected chi connectivity index (χ4v) is 3.04. The minimum Gasteiger partial charge on any atom is -0.329 e. The van der Waals surface area contributed by atoms with Gasteiger partial charge in [-0.15, -0.1) is 0 Å². The van der Waals surface area contributed by atoms with Crippen molar-refractivity contribution in [1.29, 1.82) is 0 Å². The number of nitrogens with zero attached hydrogens (tertiary/aromatic N) is 1. The molecule has 0 bridgehead atoms. The number of rotatable bonds is 7. The summed E-state index contributed by atoms with van der Waals surface area (Å²) < 4.78 is 0.955. The highest BCUT2D eigenvalue weighted by Crippen LogP contribution is 2.36. The molecule has 1 aliphatic rings. The van der Waals surface area contributed by atoms with E-state index >= 15 is 0 Å². The fourth-order valence-electron chi connectivity index (χ4n) is 2.52. The fraction of sp³-hybridized carbons (Fsp3) is 0.600. The summed E-state index contributed by atoms with van der Waals surface area (Å²) in [7, 11) is 0. The summed E-state index contributed by atoms with van der Waals surface area (Å²) in [5.41, 5.74) is 7.31. The molecule has 0 radical (unpaired) electrons. The molecule has 0 heterocycles. The predicted molar refractivity (Wildman–Crippen MR) is 85.6 cm³/mol. The lowest BCUT2D eigenvalue weighted by molar-refractivity contribution is 0.188. The Morgan fingerprint density at radius 1 is 1.47 bits per heavy atom. The van der Waals surface area contributed by atoms with Crippen LogP contribution in [-0.4, -0.2) is 24.0 Å². The Bertz CT molecular complexity index is 421. The van der Waals surface area contributed by atoms with Crippen molar-refractivity contribution in [1.82, 2.24) is 4.90 Å². The van der Waals surface area contributed by atoms with Crippen LogP contribution in [0.2, 0.25) is 5.02 Å². The molecule has 1 unspecified atom stereocenters. The first-order valence-corrected chi connectivity index (χ1v) is 8.25. The van der Waals surface area contributed by atoms with E-state index in [4.69, 9.17) is 17.3 Å². The maximum absolute atomic E-state index is 6.07. The van der Waals surface area contributed by atoms with E-state index in [1.807, 2.05) is 6.07 Å². The molecule has 19 heavy (non-hydrogen) atoms. The van der Waals surface area contributed by atoms with Gasteiger partial charge in [0, 0.05) is 23.1 Å². The van der Waals surface area contributed by atoms with Crippen LogP contribution in [0.25, 0.3) is 0 Å². The lowest BCUT2D eigenvalue weighted by atomic mass is 10.0. The van der Waals surface area contributed by atoms with Crippen LogP contribution >= 0.6 is 27.5 Å². The maximum atomic E-state index is 6.07. The van der Waals surface area contributed by atoms with Crippen LogP contribution in [-0.2, 0) is 0 Å². The average Bonchev–Trinajstić information content (AvgIpc) is 3.22. The van der Waals surface area contributed by atoms with Crippen molar-refractivity contribution in [3.63, 3.8) is 0 Å². The second kappa shape index (κ2) is 7.07. The molecule has 0 aromatic heterocycles. The molecule has 1 atom stereocenters. The number of hydrogen-bond acceptors (Lipinski definition) is 2. The van der Waals surface area contributed by atoms with Crippen molar-refractivity contribution >= 4 is 27.5 Å². The van der Waals surface area contributed by atoms with Gasteiger partial charge in [-0.3, -0.25) is 4.90 Å². The van der Waals surface area contributed by atoms with Crippen molar-refractivity contribution < 1.29 is 0 Å². The molecular formula is C15H22BrClN2. The molecule has 1 saturated carbocycles. The summed E-state index contributed by atoms with van der Waals surface area (Å²) >= 11 is 9.58. The van der Waals surface area contributed by atoms with Gasteiger partial charge in [-0.05, 0) is 59.4 Å². The highest BCUT2D eigenvalue weighted by atomic mass is 79.9. The highest BCUT2D eigenvalue weighted by molar-refractivity contribution is 9.10. The minimum atomic E-state index is 0.313. The van der Waals surface area contributed by atoms with Gasteiger partial charge in [0.05, 0.1) is 5.02 Å². The largest absolute Gasteiger partial charge is 0.329 e. The monoisotopic (exact) mass is 344 g/mol. The van der Waals surface area contributed by atoms with Crippen molar-refractivity contribution in [3.8, 4) is 0 Å². The van der Waals surface area contributed by atoms with Crippen LogP contribution in [0.1, 0.15) is 44.2 Å². The highest BCUT2D eigenvalue weighted by Gasteiger charge is 2.33. The molecule has 4 heteroatoms. The number of benzene rings is 1. The van der Waals surface area contributed by atoms with Crippen LogP contribution in [0.4, 0.5) is 0 Å². The Morgan fingerprint density at radius 2 is 2.21 bits per heavy atom. The molecule has 2 nitrogen and oxygen atoms in total. The first-order chi connectivity index (χ1) is 9.17. The summed E-state index contributed by atoms with van der Waals surface area (Å²) in [6.07, 6.45) is 5.09. The second-order valence-corrected chi connectivity index (χ2v) is 6.51. The number of hydrogen-bond donors (Lipinski definition) is 1. The molecule has 1 aliphatic carbocycles. The molecule has 2 rings (SSSR count). The maximum Gasteiger partial charge on any atom is 0.0548 e. The predicted octanol–water partition coefficient (Wildman–Crippen LogP) is 4.37. The Hall–Kier alpha value is -0.0900. The van der Waals surface area contributed by atoms with Crippen molar-refractivity contribution in [2.45, 2.75) is 44.7 Å². The summed E-state index contributed by atoms with van der Waals surface area (Å²) in [5.74, 6) is 0. The Kier molecular flexibility index (Phi) is 5.70. The van der Waals surface area contributed by atoms with E-state index < -0.39 is 0 Å². The Morgan fingerprint density at radius 3 is 2.74 bits per heavy atom. The Balaban J connectivity index is 2.17. The third-order valence-electron chi connectivity index (χ3n) is 3.74. The minimum absolute atomic E-state index is 0.313. The molecule has 2 N–H and O–H groups in total. The van der Waals surface area contributed by atoms with E-state index in [1.165, 1.54) is 31.2 Å². The lowest BCUT2D eigenvalue weighted by Crippen LogP contribution is -2.36. The van der Waals surface area contributed by atoms with Crippen LogP contribution in [0.15, 0.2) is 22.7 Å². The van der Waals surface area contributed by atoms with Gasteiger partial charge in [0.25, 0.3) is 0 Å². The SMILES string of the molecule is CCCCN(C1CC1)C(CN)c1ccc(Cl)c(Br)c1. The zero-order valence-electron chi connectivity index (χ0n) is 11.4. The van der Waals surface area contributed by atoms with Gasteiger partial charge in [0.1, 0.15) is 0 Å². The number of unbranched alkanes of at least 4 members (excludes halogenated alkanes) is 1. The van der Waals surface area contributed by atoms with E-state index in [0.29, 0.717) is 12.6 Å². The topological polar surface area (TPSA) is 29.3 Å². The smallest absolute Gasteiger partial charge is 0.0548 e. The first kappa shape index (κ1) is 15.3. The van der Waals surface area contributed by atoms with Crippen LogP contribution in [0, 0.1) is 0 Å². The summed E-state index contributed by atoms with van der Waals surface area (Å²) in [6, 6.07) is 7.21. The van der Waals surface area contributed by atoms with Gasteiger partial charge in [0.15, 0.2) is 0 Å². The third-order valence-corrected chi connectivity index (χ3v) is 4.95. The molecule has 1 aromatic rings. The summed E-state index contributed by atoms with van der Waals surface area (Å²) in [5, 5.41) is 0.756. The average molecular weight is 346 g/mol. The van der Waals surface area contributed by atoms with E-state index in [2.05, 4.69) is 39.9 Å². The molecule has 0 saturated heterocycles. The molecule has 106 valence electrons. The van der Waals surface area contributed by atoms with Gasteiger partial charge in [-0.25, -0.2) is 0 Å². The van der Waals surface area contributed by atoms with Gasteiger partial charge in [0.2, 0.25) is 0 Å². The molecular weight excluding hydrogens is 324 g/mol. The summed E-state index contributed by atoms with van der Waals surface area (Å²) in [6.45, 7) is 4.04. The van der Waals surface area contributed by atoms with Gasteiger partial charge >= 0.3 is 0 Å². The van der Waals surface area contributed by atoms with Crippen molar-refractivity contribution in [2.24, 2.45) is 5.73 Å². The standard InChI is InChI=1S/C15H22BrClN2/c1-2-3-8-19(12-5-6-12)15(10-18)11-4-7-14(17)13(16)9-11/h4,7,9,12,15H,2-3,5-6,8,10,18H2,1H3. The first-order valence-electron chi connectivity index (χ1n) is 7.08. The molecule has 1 fully saturated rings. The Labute approximate surface area is 129 Å². The molecule has 0 amide bonds. The van der Waals surface area contributed by atoms with Crippen LogP contribution in [0.5, 0.6) is 0 Å². The van der Waals surface area contributed by atoms with Gasteiger partial charge in [-0.2, -0.15) is 0 Å². The summed E-state index contributed by atoms with van der Waals surface area (Å²) in [4.78, 5) is 2.58. The van der Waals surface area contributed by atoms with E-state index in [1.54, 1.807) is 0 Å². The second-order valence-electron chi connectivity index (χ2n) is 5.25. The van der Waals surface area contributed by atoms with Gasteiger partial charge in [-0.1, -0.05) is 31.0 Å². The number of nitrogens with two attached hydrogens (primary N) is 1. The normalized spacial score (nSPS) is 16.9. The van der Waals surface area contributed by atoms with Crippen molar-refractivity contribution in [2.75, 3.05) is 13.1 Å². The lowest BCUT2D eigenvalue weighted by Gasteiger charge is -2.31. The van der Waals surface area contributed by atoms with E-state index in [-0.39, 0.29) is 0 Å². The third kappa shape index (κ3) is 3.94. The quantitative estimate of drug-likeness (QED) is 0.795. The van der Waals surface area contributed by atoms with E-state index in [9.17, 15) is 0 Å².